The smallest absolute Gasteiger partial charge is 0.261 e. The van der Waals surface area contributed by atoms with E-state index in [1.165, 1.54) is 12.5 Å². The van der Waals surface area contributed by atoms with Crippen molar-refractivity contribution in [3.63, 3.8) is 0 Å². The molecule has 0 aromatic carbocycles. The number of ether oxygens (including phenoxy) is 1. The number of nitrogens with two attached hydrogens (primary N) is 1. The van der Waals surface area contributed by atoms with E-state index in [0.717, 1.165) is 5.56 Å². The third-order valence-corrected chi connectivity index (χ3v) is 1.79. The minimum atomic E-state index is -2.42. The maximum Gasteiger partial charge on any atom is 0.261 e. The minimum Gasteiger partial charge on any atom is -0.472 e. The summed E-state index contributed by atoms with van der Waals surface area (Å²) in [5.41, 5.74) is 6.58. The van der Waals surface area contributed by atoms with Crippen molar-refractivity contribution in [2.24, 2.45) is 5.73 Å². The molecule has 1 rings (SSSR count). The Morgan fingerprint density at radius 3 is 2.86 bits per heavy atom. The van der Waals surface area contributed by atoms with E-state index in [-0.39, 0.29) is 12.6 Å². The molecular weight excluding hydrogens is 192 g/mol. The minimum absolute atomic E-state index is 0.216. The van der Waals surface area contributed by atoms with Crippen molar-refractivity contribution in [2.45, 2.75) is 18.9 Å². The summed E-state index contributed by atoms with van der Waals surface area (Å²) in [5.74, 6) is 0. The maximum absolute atomic E-state index is 11.7. The lowest BCUT2D eigenvalue weighted by Crippen LogP contribution is -2.14. The van der Waals surface area contributed by atoms with Gasteiger partial charge in [-0.2, -0.15) is 0 Å². The second kappa shape index (κ2) is 5.72. The molecule has 1 aromatic rings. The molecule has 0 saturated heterocycles. The van der Waals surface area contributed by atoms with Gasteiger partial charge in [0.2, 0.25) is 0 Å². The summed E-state index contributed by atoms with van der Waals surface area (Å²) < 4.78 is 32.9. The van der Waals surface area contributed by atoms with E-state index >= 15 is 0 Å². The summed E-state index contributed by atoms with van der Waals surface area (Å²) in [6.07, 6.45) is 1.15. The van der Waals surface area contributed by atoms with Crippen molar-refractivity contribution < 1.29 is 17.9 Å². The predicted molar refractivity (Wildman–Crippen MR) is 47.1 cm³/mol. The Morgan fingerprint density at radius 2 is 2.29 bits per heavy atom. The largest absolute Gasteiger partial charge is 0.472 e. The molecule has 0 aliphatic carbocycles. The molecule has 0 spiro atoms. The SMILES string of the molecule is NC(CCOCC(F)F)c1ccoc1. The summed E-state index contributed by atoms with van der Waals surface area (Å²) in [5, 5.41) is 0. The molecule has 1 heterocycles. The second-order valence-corrected chi connectivity index (χ2v) is 2.92. The predicted octanol–water partition coefficient (Wildman–Crippen LogP) is 1.95. The molecule has 2 N–H and O–H groups in total. The van der Waals surface area contributed by atoms with E-state index in [4.69, 9.17) is 14.9 Å². The average Bonchev–Trinajstić information content (AvgIpc) is 2.64. The van der Waals surface area contributed by atoms with Crippen molar-refractivity contribution in [3.05, 3.63) is 24.2 Å². The third kappa shape index (κ3) is 3.85. The Labute approximate surface area is 80.8 Å². The number of hydrogen-bond acceptors (Lipinski definition) is 3. The average molecular weight is 205 g/mol. The molecule has 0 amide bonds. The monoisotopic (exact) mass is 205 g/mol. The highest BCUT2D eigenvalue weighted by atomic mass is 19.3. The lowest BCUT2D eigenvalue weighted by molar-refractivity contribution is 0.0152. The molecule has 1 unspecified atom stereocenters. The number of furan rings is 1. The zero-order valence-electron chi connectivity index (χ0n) is 7.66. The van der Waals surface area contributed by atoms with E-state index < -0.39 is 13.0 Å². The Hall–Kier alpha value is -0.940. The van der Waals surface area contributed by atoms with E-state index in [1.807, 2.05) is 0 Å². The van der Waals surface area contributed by atoms with Crippen LogP contribution in [-0.2, 0) is 4.74 Å². The van der Waals surface area contributed by atoms with Gasteiger partial charge in [-0.1, -0.05) is 0 Å². The van der Waals surface area contributed by atoms with Gasteiger partial charge in [-0.3, -0.25) is 0 Å². The van der Waals surface area contributed by atoms with Crippen LogP contribution in [0.4, 0.5) is 8.78 Å². The highest BCUT2D eigenvalue weighted by Crippen LogP contribution is 2.13. The summed E-state index contributed by atoms with van der Waals surface area (Å²) in [4.78, 5) is 0. The molecule has 1 aromatic heterocycles. The van der Waals surface area contributed by atoms with Gasteiger partial charge < -0.3 is 14.9 Å². The van der Waals surface area contributed by atoms with E-state index in [2.05, 4.69) is 0 Å². The standard InChI is InChI=1S/C9H13F2NO2/c10-9(11)6-14-4-2-8(12)7-1-3-13-5-7/h1,3,5,8-9H,2,4,6,12H2. The van der Waals surface area contributed by atoms with E-state index in [1.54, 1.807) is 6.07 Å². The zero-order chi connectivity index (χ0) is 10.4. The summed E-state index contributed by atoms with van der Waals surface area (Å²) in [7, 11) is 0. The number of alkyl halides is 2. The molecule has 0 bridgehead atoms. The van der Waals surface area contributed by atoms with Crippen molar-refractivity contribution in [1.29, 1.82) is 0 Å². The molecule has 0 aliphatic rings. The highest BCUT2D eigenvalue weighted by molar-refractivity contribution is 5.10. The van der Waals surface area contributed by atoms with Crippen molar-refractivity contribution in [1.82, 2.24) is 0 Å². The van der Waals surface area contributed by atoms with E-state index in [0.29, 0.717) is 6.42 Å². The molecule has 0 saturated carbocycles. The molecule has 3 nitrogen and oxygen atoms in total. The van der Waals surface area contributed by atoms with Gasteiger partial charge in [0, 0.05) is 18.2 Å². The van der Waals surface area contributed by atoms with Gasteiger partial charge in [-0.15, -0.1) is 0 Å². The van der Waals surface area contributed by atoms with Crippen molar-refractivity contribution in [2.75, 3.05) is 13.2 Å². The first kappa shape index (κ1) is 11.1. The number of halogens is 2. The van der Waals surface area contributed by atoms with Gasteiger partial charge in [0.15, 0.2) is 0 Å². The van der Waals surface area contributed by atoms with Gasteiger partial charge in [-0.05, 0) is 12.5 Å². The van der Waals surface area contributed by atoms with Gasteiger partial charge >= 0.3 is 0 Å². The highest BCUT2D eigenvalue weighted by Gasteiger charge is 2.08. The topological polar surface area (TPSA) is 48.4 Å². The summed E-state index contributed by atoms with van der Waals surface area (Å²) in [6, 6.07) is 1.53. The van der Waals surface area contributed by atoms with Crippen LogP contribution in [0.2, 0.25) is 0 Å². The second-order valence-electron chi connectivity index (χ2n) is 2.92. The lowest BCUT2D eigenvalue weighted by atomic mass is 10.1. The fraction of sp³-hybridized carbons (Fsp3) is 0.556. The van der Waals surface area contributed by atoms with Crippen molar-refractivity contribution in [3.8, 4) is 0 Å². The first-order valence-corrected chi connectivity index (χ1v) is 4.33. The fourth-order valence-corrected chi connectivity index (χ4v) is 1.04. The third-order valence-electron chi connectivity index (χ3n) is 1.79. The maximum atomic E-state index is 11.7. The molecule has 80 valence electrons. The quantitative estimate of drug-likeness (QED) is 0.722. The summed E-state index contributed by atoms with van der Waals surface area (Å²) in [6.45, 7) is -0.297. The lowest BCUT2D eigenvalue weighted by Gasteiger charge is -2.09. The van der Waals surface area contributed by atoms with Crippen LogP contribution in [0.1, 0.15) is 18.0 Å². The molecule has 0 radical (unpaired) electrons. The molecule has 0 fully saturated rings. The van der Waals surface area contributed by atoms with Gasteiger partial charge in [0.05, 0.1) is 12.5 Å². The Balaban J connectivity index is 2.13. The molecule has 5 heteroatoms. The normalized spacial score (nSPS) is 13.4. The van der Waals surface area contributed by atoms with Gasteiger partial charge in [0.25, 0.3) is 6.43 Å². The van der Waals surface area contributed by atoms with Crippen LogP contribution in [0.3, 0.4) is 0 Å². The van der Waals surface area contributed by atoms with Gasteiger partial charge in [-0.25, -0.2) is 8.78 Å². The van der Waals surface area contributed by atoms with E-state index in [9.17, 15) is 8.78 Å². The van der Waals surface area contributed by atoms with Crippen LogP contribution in [0.5, 0.6) is 0 Å². The Morgan fingerprint density at radius 1 is 1.50 bits per heavy atom. The number of rotatable bonds is 6. The first-order valence-electron chi connectivity index (χ1n) is 4.33. The van der Waals surface area contributed by atoms with Crippen LogP contribution >= 0.6 is 0 Å². The molecular formula is C9H13F2NO2. The van der Waals surface area contributed by atoms with Crippen LogP contribution in [0, 0.1) is 0 Å². The first-order chi connectivity index (χ1) is 6.70. The van der Waals surface area contributed by atoms with Crippen LogP contribution in [0.25, 0.3) is 0 Å². The number of hydrogen-bond donors (Lipinski definition) is 1. The fourth-order valence-electron chi connectivity index (χ4n) is 1.04. The van der Waals surface area contributed by atoms with Crippen LogP contribution in [0.15, 0.2) is 23.0 Å². The van der Waals surface area contributed by atoms with Gasteiger partial charge in [0.1, 0.15) is 6.61 Å². The Kier molecular flexibility index (Phi) is 4.55. The summed E-state index contributed by atoms with van der Waals surface area (Å²) >= 11 is 0. The molecule has 0 aliphatic heterocycles. The Bertz CT molecular complexity index is 239. The molecule has 1 atom stereocenters. The molecule has 14 heavy (non-hydrogen) atoms. The van der Waals surface area contributed by atoms with Crippen LogP contribution < -0.4 is 5.73 Å². The van der Waals surface area contributed by atoms with Crippen LogP contribution in [-0.4, -0.2) is 19.6 Å². The zero-order valence-corrected chi connectivity index (χ0v) is 7.66. The van der Waals surface area contributed by atoms with Crippen molar-refractivity contribution >= 4 is 0 Å².